The maximum absolute atomic E-state index is 13.3. The van der Waals surface area contributed by atoms with Crippen molar-refractivity contribution < 1.29 is 26.7 Å². The number of halogens is 5. The van der Waals surface area contributed by atoms with E-state index in [2.05, 4.69) is 10.1 Å². The van der Waals surface area contributed by atoms with Gasteiger partial charge in [-0.05, 0) is 12.1 Å². The van der Waals surface area contributed by atoms with Gasteiger partial charge in [0.15, 0.2) is 0 Å². The van der Waals surface area contributed by atoms with Crippen molar-refractivity contribution in [2.75, 3.05) is 5.32 Å². The number of H-pyrrole nitrogens is 1. The first-order chi connectivity index (χ1) is 9.29. The molecular formula is C10H5F5N4O. The van der Waals surface area contributed by atoms with Gasteiger partial charge in [0.2, 0.25) is 11.8 Å². The molecule has 0 spiro atoms. The van der Waals surface area contributed by atoms with Crippen LogP contribution in [0, 0.1) is 11.6 Å². The number of carbonyl (C=O) groups is 1. The normalized spacial score (nSPS) is 11.4. The first kappa shape index (κ1) is 13.9. The van der Waals surface area contributed by atoms with E-state index < -0.39 is 41.1 Å². The molecule has 0 radical (unpaired) electrons. The van der Waals surface area contributed by atoms with E-state index in [1.165, 1.54) is 0 Å². The number of anilines is 1. The summed E-state index contributed by atoms with van der Waals surface area (Å²) in [5.74, 6) is -5.80. The molecule has 0 aliphatic carbocycles. The van der Waals surface area contributed by atoms with Crippen LogP contribution in [-0.2, 0) is 6.18 Å². The topological polar surface area (TPSA) is 70.7 Å². The Kier molecular flexibility index (Phi) is 3.38. The van der Waals surface area contributed by atoms with Gasteiger partial charge in [0.05, 0.1) is 0 Å². The lowest BCUT2D eigenvalue weighted by molar-refractivity contribution is -0.144. The third kappa shape index (κ3) is 2.73. The number of hydrogen-bond acceptors (Lipinski definition) is 3. The van der Waals surface area contributed by atoms with Crippen LogP contribution >= 0.6 is 0 Å². The van der Waals surface area contributed by atoms with Crippen LogP contribution in [0.15, 0.2) is 18.2 Å². The molecule has 20 heavy (non-hydrogen) atoms. The number of amides is 1. The molecule has 1 aromatic carbocycles. The molecular weight excluding hydrogens is 287 g/mol. The summed E-state index contributed by atoms with van der Waals surface area (Å²) in [5.41, 5.74) is -0.939. The molecule has 0 aliphatic heterocycles. The fourth-order valence-corrected chi connectivity index (χ4v) is 1.32. The number of hydrogen-bond donors (Lipinski definition) is 2. The van der Waals surface area contributed by atoms with Crippen LogP contribution in [-0.4, -0.2) is 21.1 Å². The van der Waals surface area contributed by atoms with Crippen LogP contribution in [0.4, 0.5) is 27.9 Å². The summed E-state index contributed by atoms with van der Waals surface area (Å²) in [7, 11) is 0. The highest BCUT2D eigenvalue weighted by molar-refractivity contribution is 6.03. The first-order valence-electron chi connectivity index (χ1n) is 5.04. The zero-order valence-electron chi connectivity index (χ0n) is 9.42. The van der Waals surface area contributed by atoms with E-state index in [4.69, 9.17) is 0 Å². The molecule has 10 heteroatoms. The van der Waals surface area contributed by atoms with Crippen LogP contribution in [0.5, 0.6) is 0 Å². The predicted molar refractivity (Wildman–Crippen MR) is 55.7 cm³/mol. The fraction of sp³-hybridized carbons (Fsp3) is 0.100. The number of benzene rings is 1. The second-order valence-corrected chi connectivity index (χ2v) is 3.56. The molecule has 1 amide bonds. The van der Waals surface area contributed by atoms with E-state index in [0.29, 0.717) is 0 Å². The number of nitrogens with one attached hydrogen (secondary N) is 2. The minimum atomic E-state index is -4.78. The van der Waals surface area contributed by atoms with E-state index in [0.717, 1.165) is 18.2 Å². The quantitative estimate of drug-likeness (QED) is 0.835. The highest BCUT2D eigenvalue weighted by atomic mass is 19.4. The second-order valence-electron chi connectivity index (χ2n) is 3.56. The molecule has 2 rings (SSSR count). The van der Waals surface area contributed by atoms with E-state index in [-0.39, 0.29) is 0 Å². The van der Waals surface area contributed by atoms with Gasteiger partial charge in [-0.15, -0.1) is 5.10 Å². The van der Waals surface area contributed by atoms with Gasteiger partial charge in [-0.2, -0.15) is 18.2 Å². The SMILES string of the molecule is O=C(Nc1n[nH]c(C(F)(F)F)n1)c1c(F)cccc1F. The maximum atomic E-state index is 13.3. The summed E-state index contributed by atoms with van der Waals surface area (Å²) >= 11 is 0. The Morgan fingerprint density at radius 3 is 2.30 bits per heavy atom. The third-order valence-corrected chi connectivity index (χ3v) is 2.17. The van der Waals surface area contributed by atoms with Gasteiger partial charge in [-0.3, -0.25) is 15.2 Å². The Labute approximate surface area is 107 Å². The Morgan fingerprint density at radius 2 is 1.80 bits per heavy atom. The largest absolute Gasteiger partial charge is 0.451 e. The number of rotatable bonds is 2. The summed E-state index contributed by atoms with van der Waals surface area (Å²) in [6.07, 6.45) is -4.78. The number of aromatic amines is 1. The average Bonchev–Trinajstić information content (AvgIpc) is 2.76. The summed E-state index contributed by atoms with van der Waals surface area (Å²) in [6, 6.07) is 2.70. The molecule has 0 saturated heterocycles. The molecule has 0 fully saturated rings. The summed E-state index contributed by atoms with van der Waals surface area (Å²) in [5, 5.41) is 6.38. The molecule has 0 bridgehead atoms. The lowest BCUT2D eigenvalue weighted by Crippen LogP contribution is -2.17. The zero-order valence-corrected chi connectivity index (χ0v) is 9.42. The number of aromatic nitrogens is 3. The Morgan fingerprint density at radius 1 is 1.20 bits per heavy atom. The standard InChI is InChI=1S/C10H5F5N4O/c11-4-2-1-3-5(12)6(4)7(20)16-9-17-8(18-19-9)10(13,14)15/h1-3H,(H2,16,17,18,19,20). The number of alkyl halides is 3. The van der Waals surface area contributed by atoms with Crippen molar-refractivity contribution in [1.29, 1.82) is 0 Å². The zero-order chi connectivity index (χ0) is 14.9. The van der Waals surface area contributed by atoms with Crippen molar-refractivity contribution in [3.05, 3.63) is 41.2 Å². The van der Waals surface area contributed by atoms with Crippen LogP contribution in [0.25, 0.3) is 0 Å². The van der Waals surface area contributed by atoms with Crippen molar-refractivity contribution in [1.82, 2.24) is 15.2 Å². The lowest BCUT2D eigenvalue weighted by Gasteiger charge is -2.03. The molecule has 1 aromatic heterocycles. The van der Waals surface area contributed by atoms with Gasteiger partial charge in [-0.25, -0.2) is 8.78 Å². The minimum absolute atomic E-state index is 0.745. The van der Waals surface area contributed by atoms with Gasteiger partial charge in [0.25, 0.3) is 5.91 Å². The van der Waals surface area contributed by atoms with E-state index in [9.17, 15) is 26.7 Å². The summed E-state index contributed by atoms with van der Waals surface area (Å²) in [6.45, 7) is 0. The van der Waals surface area contributed by atoms with Crippen molar-refractivity contribution in [3.63, 3.8) is 0 Å². The van der Waals surface area contributed by atoms with Crippen molar-refractivity contribution >= 4 is 11.9 Å². The molecule has 2 N–H and O–H groups in total. The third-order valence-electron chi connectivity index (χ3n) is 2.17. The highest BCUT2D eigenvalue weighted by Gasteiger charge is 2.35. The molecule has 0 unspecified atom stereocenters. The van der Waals surface area contributed by atoms with E-state index in [1.807, 2.05) is 0 Å². The first-order valence-corrected chi connectivity index (χ1v) is 5.04. The van der Waals surface area contributed by atoms with Crippen molar-refractivity contribution in [3.8, 4) is 0 Å². The van der Waals surface area contributed by atoms with Gasteiger partial charge < -0.3 is 0 Å². The fourth-order valence-electron chi connectivity index (χ4n) is 1.32. The van der Waals surface area contributed by atoms with E-state index in [1.54, 1.807) is 10.4 Å². The Bertz CT molecular complexity index is 631. The second kappa shape index (κ2) is 4.87. The maximum Gasteiger partial charge on any atom is 0.451 e. The van der Waals surface area contributed by atoms with Crippen LogP contribution in [0.1, 0.15) is 16.2 Å². The molecule has 0 atom stereocenters. The Balaban J connectivity index is 2.22. The van der Waals surface area contributed by atoms with Gasteiger partial charge in [0.1, 0.15) is 17.2 Å². The van der Waals surface area contributed by atoms with Crippen molar-refractivity contribution in [2.45, 2.75) is 6.18 Å². The number of nitrogens with zero attached hydrogens (tertiary/aromatic N) is 2. The minimum Gasteiger partial charge on any atom is -0.289 e. The monoisotopic (exact) mass is 292 g/mol. The highest BCUT2D eigenvalue weighted by Crippen LogP contribution is 2.26. The van der Waals surface area contributed by atoms with Crippen LogP contribution < -0.4 is 5.32 Å². The number of carbonyl (C=O) groups excluding carboxylic acids is 1. The molecule has 106 valence electrons. The average molecular weight is 292 g/mol. The summed E-state index contributed by atoms with van der Waals surface area (Å²) < 4.78 is 63.2. The summed E-state index contributed by atoms with van der Waals surface area (Å²) in [4.78, 5) is 14.5. The molecule has 1 heterocycles. The Hall–Kier alpha value is -2.52. The lowest BCUT2D eigenvalue weighted by atomic mass is 10.2. The van der Waals surface area contributed by atoms with Gasteiger partial charge in [-0.1, -0.05) is 6.07 Å². The van der Waals surface area contributed by atoms with Gasteiger partial charge in [0, 0.05) is 0 Å². The molecule has 5 nitrogen and oxygen atoms in total. The smallest absolute Gasteiger partial charge is 0.289 e. The molecule has 0 aliphatic rings. The van der Waals surface area contributed by atoms with Crippen LogP contribution in [0.2, 0.25) is 0 Å². The van der Waals surface area contributed by atoms with Gasteiger partial charge >= 0.3 is 6.18 Å². The van der Waals surface area contributed by atoms with E-state index >= 15 is 0 Å². The predicted octanol–water partition coefficient (Wildman–Crippen LogP) is 2.35. The molecule has 2 aromatic rings. The van der Waals surface area contributed by atoms with Crippen molar-refractivity contribution in [2.24, 2.45) is 0 Å². The van der Waals surface area contributed by atoms with Crippen LogP contribution in [0.3, 0.4) is 0 Å². The molecule has 0 saturated carbocycles.